The Morgan fingerprint density at radius 3 is 2.00 bits per heavy atom. The lowest BCUT2D eigenvalue weighted by atomic mass is 9.85. The molecular weight excluding hydrogens is 826 g/mol. The average molecular weight is 875 g/mol. The predicted molar refractivity (Wildman–Crippen MR) is 221 cm³/mol. The van der Waals surface area contributed by atoms with Gasteiger partial charge in [0.2, 0.25) is 11.8 Å². The van der Waals surface area contributed by atoms with Crippen molar-refractivity contribution in [2.45, 2.75) is 88.5 Å². The Morgan fingerprint density at radius 2 is 1.47 bits per heavy atom. The highest BCUT2D eigenvalue weighted by atomic mass is 79.9. The van der Waals surface area contributed by atoms with E-state index in [4.69, 9.17) is 14.9 Å². The van der Waals surface area contributed by atoms with E-state index in [1.165, 1.54) is 40.0 Å². The molecule has 0 bridgehead atoms. The summed E-state index contributed by atoms with van der Waals surface area (Å²) < 4.78 is 34.9. The fraction of sp³-hybridized carbons (Fsp3) is 0.381. The molecule has 3 N–H and O–H groups in total. The van der Waals surface area contributed by atoms with Gasteiger partial charge >= 0.3 is 6.09 Å². The zero-order chi connectivity index (χ0) is 42.2. The number of rotatable bonds is 11. The van der Waals surface area contributed by atoms with Crippen LogP contribution in [0.2, 0.25) is 0 Å². The van der Waals surface area contributed by atoms with Gasteiger partial charge in [-0.2, -0.15) is 15.0 Å². The maximum Gasteiger partial charge on any atom is 0.408 e. The number of halogens is 1. The minimum absolute atomic E-state index is 0.0301. The molecule has 2 fully saturated rings. The van der Waals surface area contributed by atoms with Gasteiger partial charge in [-0.25, -0.2) is 17.9 Å². The first-order valence-electron chi connectivity index (χ1n) is 18.9. The van der Waals surface area contributed by atoms with Crippen molar-refractivity contribution in [3.05, 3.63) is 102 Å². The minimum atomic E-state index is -4.28. The van der Waals surface area contributed by atoms with Crippen molar-refractivity contribution in [3.63, 3.8) is 0 Å². The van der Waals surface area contributed by atoms with E-state index in [2.05, 4.69) is 37.9 Å². The van der Waals surface area contributed by atoms with Crippen LogP contribution in [-0.4, -0.2) is 81.9 Å². The molecule has 0 radical (unpaired) electrons. The Labute approximate surface area is 347 Å². The van der Waals surface area contributed by atoms with Crippen molar-refractivity contribution < 1.29 is 32.3 Å². The number of hydrogen-bond donors (Lipinski definition) is 3. The molecule has 4 aromatic rings. The first-order valence-corrected chi connectivity index (χ1v) is 21.1. The number of benzene rings is 3. The zero-order valence-electron chi connectivity index (χ0n) is 33.2. The molecule has 1 aliphatic heterocycles. The van der Waals surface area contributed by atoms with Crippen LogP contribution in [0.3, 0.4) is 0 Å². The third-order valence-corrected chi connectivity index (χ3v) is 12.0. The maximum atomic E-state index is 14.8. The Balaban J connectivity index is 1.37. The van der Waals surface area contributed by atoms with Crippen molar-refractivity contribution in [3.8, 4) is 22.5 Å². The molecule has 3 aromatic carbocycles. The molecule has 0 spiro atoms. The fourth-order valence-electron chi connectivity index (χ4n) is 7.00. The van der Waals surface area contributed by atoms with Gasteiger partial charge in [0, 0.05) is 34.5 Å². The van der Waals surface area contributed by atoms with Crippen LogP contribution in [0.15, 0.2) is 107 Å². The third kappa shape index (κ3) is 9.18. The summed E-state index contributed by atoms with van der Waals surface area (Å²) in [5.74, 6) is -2.78. The number of hydrogen-bond acceptors (Lipinski definition) is 9. The topological polar surface area (TPSA) is 182 Å². The first kappa shape index (κ1) is 42.3. The van der Waals surface area contributed by atoms with Gasteiger partial charge in [0.15, 0.2) is 0 Å². The van der Waals surface area contributed by atoms with E-state index in [-0.39, 0.29) is 24.3 Å². The molecule has 2 heterocycles. The normalized spacial score (nSPS) is 21.1. The zero-order valence-corrected chi connectivity index (χ0v) is 35.6. The highest BCUT2D eigenvalue weighted by Gasteiger charge is 2.61. The van der Waals surface area contributed by atoms with E-state index in [0.717, 1.165) is 15.6 Å². The number of alkyl carbamates (subject to hydrolysis) is 1. The number of aromatic nitrogens is 3. The van der Waals surface area contributed by atoms with Crippen molar-refractivity contribution >= 4 is 49.8 Å². The van der Waals surface area contributed by atoms with Crippen molar-refractivity contribution in [1.29, 1.82) is 0 Å². The van der Waals surface area contributed by atoms with Crippen LogP contribution in [0.25, 0.3) is 22.5 Å². The highest BCUT2D eigenvalue weighted by molar-refractivity contribution is 9.10. The molecule has 14 nitrogen and oxygen atoms in total. The van der Waals surface area contributed by atoms with Gasteiger partial charge in [0.25, 0.3) is 15.9 Å². The van der Waals surface area contributed by atoms with Crippen LogP contribution in [0.1, 0.15) is 60.4 Å². The molecule has 5 atom stereocenters. The second-order valence-electron chi connectivity index (χ2n) is 16.7. The molecule has 2 aliphatic rings. The van der Waals surface area contributed by atoms with Gasteiger partial charge in [0.05, 0.1) is 10.9 Å². The van der Waals surface area contributed by atoms with Crippen LogP contribution in [0, 0.1) is 11.3 Å². The summed E-state index contributed by atoms with van der Waals surface area (Å²) in [5.41, 5.74) is -0.551. The van der Waals surface area contributed by atoms with Crippen LogP contribution >= 0.6 is 15.9 Å². The molecule has 6 rings (SSSR count). The smallest absolute Gasteiger partial charge is 0.408 e. The highest BCUT2D eigenvalue weighted by Crippen LogP contribution is 2.45. The number of sulfonamides is 1. The molecular formula is C42H48BrN7O7S. The molecule has 1 saturated carbocycles. The van der Waals surface area contributed by atoms with Crippen molar-refractivity contribution in [2.75, 3.05) is 6.54 Å². The number of carbonyl (C=O) groups is 4. The minimum Gasteiger partial charge on any atom is -0.444 e. The summed E-state index contributed by atoms with van der Waals surface area (Å²) in [4.78, 5) is 59.0. The van der Waals surface area contributed by atoms with Crippen molar-refractivity contribution in [1.82, 2.24) is 35.2 Å². The lowest BCUT2D eigenvalue weighted by molar-refractivity contribution is -0.143. The number of ether oxygens (including phenoxy) is 1. The van der Waals surface area contributed by atoms with E-state index in [0.29, 0.717) is 11.4 Å². The Kier molecular flexibility index (Phi) is 11.7. The maximum absolute atomic E-state index is 14.8. The summed E-state index contributed by atoms with van der Waals surface area (Å²) in [7, 11) is -4.28. The van der Waals surface area contributed by atoms with Crippen LogP contribution in [0.4, 0.5) is 4.79 Å². The van der Waals surface area contributed by atoms with E-state index < -0.39 is 74.4 Å². The molecule has 16 heteroatoms. The number of nitrogens with one attached hydrogen (secondary N) is 3. The SMILES string of the molecule is C=C[C@@H]1C[C@@]1(NC(=O)[C@@H]1C[C@@H](n2nc(-c3ccccc3)c(-c3ccc(Br)cc3)n2)CN1C(=O)[C@H](NC(=O)OC(C)(C)C)C(C)(C)C)C(=O)NS(=O)(=O)c1ccccc1. The number of likely N-dealkylation sites (tertiary alicyclic amines) is 1. The molecule has 306 valence electrons. The number of nitrogens with zero attached hydrogens (tertiary/aromatic N) is 4. The summed E-state index contributed by atoms with van der Waals surface area (Å²) in [6, 6.07) is 21.6. The van der Waals surface area contributed by atoms with Gasteiger partial charge in [0.1, 0.15) is 34.6 Å². The molecule has 1 aromatic heterocycles. The Hall–Kier alpha value is -5.35. The summed E-state index contributed by atoms with van der Waals surface area (Å²) in [5, 5.41) is 15.4. The Morgan fingerprint density at radius 1 is 0.897 bits per heavy atom. The van der Waals surface area contributed by atoms with Crippen LogP contribution in [-0.2, 0) is 29.1 Å². The van der Waals surface area contributed by atoms with Crippen molar-refractivity contribution in [2.24, 2.45) is 11.3 Å². The fourth-order valence-corrected chi connectivity index (χ4v) is 8.32. The van der Waals surface area contributed by atoms with Crippen LogP contribution in [0.5, 0.6) is 0 Å². The van der Waals surface area contributed by atoms with Gasteiger partial charge in [-0.1, -0.05) is 103 Å². The molecule has 0 unspecified atom stereocenters. The quantitative estimate of drug-likeness (QED) is 0.152. The Bertz CT molecular complexity index is 2310. The van der Waals surface area contributed by atoms with E-state index in [1.807, 2.05) is 54.6 Å². The largest absolute Gasteiger partial charge is 0.444 e. The lowest BCUT2D eigenvalue weighted by Gasteiger charge is -2.36. The standard InChI is InChI=1S/C42H48BrN7O7S/c1-8-28-24-42(28,38(53)48-58(55,56)31-17-13-10-14-18-31)45-36(51)32-23-30(25-49(32)37(52)35(40(2,3)4)44-39(54)57-41(5,6)7)50-46-33(26-15-11-9-12-16-26)34(47-50)27-19-21-29(43)22-20-27/h8-22,28,30,32,35H,1,23-25H2,2-7H3,(H,44,54)(H,45,51)(H,48,53)/t28-,30-,32+,35+,42+/m1/s1. The molecule has 1 aliphatic carbocycles. The summed E-state index contributed by atoms with van der Waals surface area (Å²) in [6.07, 6.45) is 0.797. The van der Waals surface area contributed by atoms with Crippen LogP contribution < -0.4 is 15.4 Å². The van der Waals surface area contributed by atoms with Gasteiger partial charge in [-0.05, 0) is 56.9 Å². The lowest BCUT2D eigenvalue weighted by Crippen LogP contribution is -2.60. The van der Waals surface area contributed by atoms with Gasteiger partial charge in [-0.15, -0.1) is 6.58 Å². The average Bonchev–Trinajstić information content (AvgIpc) is 3.46. The predicted octanol–water partition coefficient (Wildman–Crippen LogP) is 6.02. The second-order valence-corrected chi connectivity index (χ2v) is 19.3. The number of amides is 4. The second kappa shape index (κ2) is 16.1. The van der Waals surface area contributed by atoms with E-state index in [9.17, 15) is 27.6 Å². The van der Waals surface area contributed by atoms with Gasteiger partial charge in [-0.3, -0.25) is 14.4 Å². The molecule has 58 heavy (non-hydrogen) atoms. The monoisotopic (exact) mass is 873 g/mol. The molecule has 4 amide bonds. The van der Waals surface area contributed by atoms with E-state index >= 15 is 0 Å². The summed E-state index contributed by atoms with van der Waals surface area (Å²) in [6.45, 7) is 14.3. The molecule has 1 saturated heterocycles. The van der Waals surface area contributed by atoms with E-state index in [1.54, 1.807) is 47.6 Å². The first-order chi connectivity index (χ1) is 27.2. The summed E-state index contributed by atoms with van der Waals surface area (Å²) >= 11 is 3.49. The number of carbonyl (C=O) groups excluding carboxylic acids is 4. The van der Waals surface area contributed by atoms with Gasteiger partial charge < -0.3 is 20.3 Å². The third-order valence-electron chi connectivity index (χ3n) is 10.1.